The molecule has 1 aliphatic carbocycles. The van der Waals surface area contributed by atoms with Gasteiger partial charge in [0.2, 0.25) is 0 Å². The molecule has 3 nitrogen and oxygen atoms in total. The number of nitriles is 1. The lowest BCUT2D eigenvalue weighted by atomic mass is 10.0. The minimum Gasteiger partial charge on any atom is -0.328 e. The number of hydrogen-bond acceptors (Lipinski definition) is 2. The quantitative estimate of drug-likeness (QED) is 0.666. The maximum atomic E-state index is 8.90. The number of hydrogen-bond donors (Lipinski definition) is 0. The van der Waals surface area contributed by atoms with Crippen LogP contribution in [0.1, 0.15) is 37.3 Å². The first kappa shape index (κ1) is 14.7. The molecule has 0 spiro atoms. The summed E-state index contributed by atoms with van der Waals surface area (Å²) in [6.45, 7) is 0. The first-order valence-electron chi connectivity index (χ1n) is 8.48. The molecule has 1 aliphatic rings. The van der Waals surface area contributed by atoms with Crippen LogP contribution in [0.5, 0.6) is 0 Å². The third-order valence-electron chi connectivity index (χ3n) is 4.91. The molecule has 0 unspecified atom stereocenters. The van der Waals surface area contributed by atoms with Gasteiger partial charge in [-0.2, -0.15) is 5.26 Å². The predicted molar refractivity (Wildman–Crippen MR) is 95.3 cm³/mol. The van der Waals surface area contributed by atoms with Crippen LogP contribution in [0, 0.1) is 11.3 Å². The molecule has 0 atom stereocenters. The van der Waals surface area contributed by atoms with Gasteiger partial charge in [-0.1, -0.05) is 49.2 Å². The van der Waals surface area contributed by atoms with Crippen molar-refractivity contribution >= 4 is 0 Å². The van der Waals surface area contributed by atoms with Crippen LogP contribution in [0.4, 0.5) is 0 Å². The van der Waals surface area contributed by atoms with E-state index in [0.29, 0.717) is 11.6 Å². The summed E-state index contributed by atoms with van der Waals surface area (Å²) >= 11 is 0. The lowest BCUT2D eigenvalue weighted by molar-refractivity contribution is 0.523. The Balaban J connectivity index is 1.62. The van der Waals surface area contributed by atoms with Crippen molar-refractivity contribution in [2.45, 2.75) is 31.7 Å². The average molecular weight is 313 g/mol. The normalized spacial score (nSPS) is 14.6. The molecule has 118 valence electrons. The second-order valence-corrected chi connectivity index (χ2v) is 6.39. The molecule has 3 aromatic rings. The molecule has 1 fully saturated rings. The Bertz CT molecular complexity index is 861. The molecule has 0 radical (unpaired) electrons. The highest BCUT2D eigenvalue weighted by molar-refractivity contribution is 5.69. The van der Waals surface area contributed by atoms with Crippen molar-refractivity contribution < 1.29 is 0 Å². The van der Waals surface area contributed by atoms with Gasteiger partial charge in [0, 0.05) is 6.04 Å². The molecule has 3 heteroatoms. The van der Waals surface area contributed by atoms with E-state index in [4.69, 9.17) is 5.26 Å². The zero-order chi connectivity index (χ0) is 16.4. The zero-order valence-corrected chi connectivity index (χ0v) is 13.5. The number of aromatic nitrogens is 2. The Hall–Kier alpha value is -2.86. The van der Waals surface area contributed by atoms with Gasteiger partial charge in [-0.15, -0.1) is 0 Å². The maximum absolute atomic E-state index is 8.90. The number of rotatable bonds is 3. The molecule has 0 bridgehead atoms. The summed E-state index contributed by atoms with van der Waals surface area (Å²) in [7, 11) is 0. The van der Waals surface area contributed by atoms with Gasteiger partial charge in [0.25, 0.3) is 0 Å². The molecule has 0 aliphatic heterocycles. The number of benzene rings is 2. The average Bonchev–Trinajstić information content (AvgIpc) is 3.33. The Labute approximate surface area is 142 Å². The van der Waals surface area contributed by atoms with E-state index in [1.165, 1.54) is 36.9 Å². The van der Waals surface area contributed by atoms with Crippen LogP contribution in [0.3, 0.4) is 0 Å². The van der Waals surface area contributed by atoms with E-state index in [2.05, 4.69) is 39.9 Å². The fourth-order valence-electron chi connectivity index (χ4n) is 3.57. The van der Waals surface area contributed by atoms with Gasteiger partial charge in [-0.25, -0.2) is 4.98 Å². The van der Waals surface area contributed by atoms with Crippen LogP contribution >= 0.6 is 0 Å². The highest BCUT2D eigenvalue weighted by Gasteiger charge is 2.19. The summed E-state index contributed by atoms with van der Waals surface area (Å²) in [6.07, 6.45) is 9.09. The molecule has 1 aromatic heterocycles. The molecular formula is C21H19N3. The van der Waals surface area contributed by atoms with E-state index in [-0.39, 0.29) is 0 Å². The van der Waals surface area contributed by atoms with E-state index in [1.54, 1.807) is 0 Å². The summed E-state index contributed by atoms with van der Waals surface area (Å²) in [5.41, 5.74) is 5.39. The summed E-state index contributed by atoms with van der Waals surface area (Å²) in [5, 5.41) is 8.90. The van der Waals surface area contributed by atoms with Gasteiger partial charge in [0.15, 0.2) is 0 Å². The smallest absolute Gasteiger partial charge is 0.0991 e. The second-order valence-electron chi connectivity index (χ2n) is 6.39. The Morgan fingerprint density at radius 2 is 1.46 bits per heavy atom. The summed E-state index contributed by atoms with van der Waals surface area (Å²) in [5.74, 6) is 0. The molecule has 4 rings (SSSR count). The first-order valence-corrected chi connectivity index (χ1v) is 8.48. The monoisotopic (exact) mass is 313 g/mol. The van der Waals surface area contributed by atoms with Crippen LogP contribution in [-0.2, 0) is 0 Å². The van der Waals surface area contributed by atoms with E-state index in [0.717, 1.165) is 11.1 Å². The summed E-state index contributed by atoms with van der Waals surface area (Å²) in [6, 6.07) is 19.1. The molecule has 24 heavy (non-hydrogen) atoms. The Morgan fingerprint density at radius 1 is 0.875 bits per heavy atom. The van der Waals surface area contributed by atoms with Crippen LogP contribution in [0.2, 0.25) is 0 Å². The minimum atomic E-state index is 0.598. The van der Waals surface area contributed by atoms with Gasteiger partial charge in [-0.3, -0.25) is 0 Å². The Kier molecular flexibility index (Phi) is 3.88. The third-order valence-corrected chi connectivity index (χ3v) is 4.91. The van der Waals surface area contributed by atoms with Gasteiger partial charge in [0.1, 0.15) is 0 Å². The Morgan fingerprint density at radius 3 is 2.08 bits per heavy atom. The number of nitrogens with zero attached hydrogens (tertiary/aromatic N) is 3. The lowest BCUT2D eigenvalue weighted by Crippen LogP contribution is -2.04. The minimum absolute atomic E-state index is 0.598. The van der Waals surface area contributed by atoms with Crippen LogP contribution in [0.25, 0.3) is 22.4 Å². The SMILES string of the molecule is N#Cc1ccc(-c2ccc(-c3cncn3C3CCCC3)cc2)cc1. The van der Waals surface area contributed by atoms with Crippen molar-refractivity contribution in [1.29, 1.82) is 5.26 Å². The topological polar surface area (TPSA) is 41.6 Å². The van der Waals surface area contributed by atoms with Gasteiger partial charge >= 0.3 is 0 Å². The third kappa shape index (κ3) is 2.72. The van der Waals surface area contributed by atoms with Crippen molar-refractivity contribution in [2.75, 3.05) is 0 Å². The highest BCUT2D eigenvalue weighted by Crippen LogP contribution is 2.34. The molecule has 1 saturated carbocycles. The van der Waals surface area contributed by atoms with Gasteiger partial charge in [0.05, 0.1) is 29.9 Å². The first-order chi connectivity index (χ1) is 11.8. The van der Waals surface area contributed by atoms with E-state index >= 15 is 0 Å². The maximum Gasteiger partial charge on any atom is 0.0991 e. The largest absolute Gasteiger partial charge is 0.328 e. The van der Waals surface area contributed by atoms with Crippen molar-refractivity contribution in [2.24, 2.45) is 0 Å². The fourth-order valence-corrected chi connectivity index (χ4v) is 3.57. The van der Waals surface area contributed by atoms with Crippen molar-refractivity contribution in [3.05, 3.63) is 66.6 Å². The van der Waals surface area contributed by atoms with E-state index in [9.17, 15) is 0 Å². The number of imidazole rings is 1. The lowest BCUT2D eigenvalue weighted by Gasteiger charge is -2.15. The summed E-state index contributed by atoms with van der Waals surface area (Å²) < 4.78 is 2.34. The van der Waals surface area contributed by atoms with Gasteiger partial charge in [-0.05, 0) is 41.7 Å². The van der Waals surface area contributed by atoms with Crippen LogP contribution < -0.4 is 0 Å². The van der Waals surface area contributed by atoms with Gasteiger partial charge < -0.3 is 4.57 Å². The molecule has 0 saturated heterocycles. The molecule has 1 heterocycles. The second kappa shape index (κ2) is 6.33. The zero-order valence-electron chi connectivity index (χ0n) is 13.5. The van der Waals surface area contributed by atoms with E-state index in [1.807, 2.05) is 36.8 Å². The van der Waals surface area contributed by atoms with Crippen molar-refractivity contribution in [3.63, 3.8) is 0 Å². The van der Waals surface area contributed by atoms with Crippen molar-refractivity contribution in [3.8, 4) is 28.5 Å². The van der Waals surface area contributed by atoms with Crippen LogP contribution in [0.15, 0.2) is 61.1 Å². The fraction of sp³-hybridized carbons (Fsp3) is 0.238. The standard InChI is InChI=1S/C21H19N3/c22-13-16-5-7-17(8-6-16)18-9-11-19(12-10-18)21-14-23-15-24(21)20-3-1-2-4-20/h5-12,14-15,20H,1-4H2. The molecule has 2 aromatic carbocycles. The molecular weight excluding hydrogens is 294 g/mol. The van der Waals surface area contributed by atoms with Crippen LogP contribution in [-0.4, -0.2) is 9.55 Å². The molecule has 0 N–H and O–H groups in total. The predicted octanol–water partition coefficient (Wildman–Crippen LogP) is 5.20. The van der Waals surface area contributed by atoms with Crippen molar-refractivity contribution in [1.82, 2.24) is 9.55 Å². The highest BCUT2D eigenvalue weighted by atomic mass is 15.1. The molecule has 0 amide bonds. The van der Waals surface area contributed by atoms with E-state index < -0.39 is 0 Å². The summed E-state index contributed by atoms with van der Waals surface area (Å²) in [4.78, 5) is 4.38.